The van der Waals surface area contributed by atoms with Crippen molar-refractivity contribution in [1.29, 1.82) is 0 Å². The van der Waals surface area contributed by atoms with Crippen molar-refractivity contribution in [3.63, 3.8) is 0 Å². The van der Waals surface area contributed by atoms with Crippen LogP contribution in [-0.4, -0.2) is 32.2 Å². The van der Waals surface area contributed by atoms with E-state index in [1.54, 1.807) is 36.3 Å². The molecule has 2 aromatic heterocycles. The van der Waals surface area contributed by atoms with Crippen LogP contribution in [0.15, 0.2) is 31.1 Å². The lowest BCUT2D eigenvalue weighted by Gasteiger charge is -2.05. The summed E-state index contributed by atoms with van der Waals surface area (Å²) in [6, 6.07) is 1.62. The SMILES string of the molecule is CCOC(=O)Nc1cc(-n2ccnc2)ncn1. The van der Waals surface area contributed by atoms with Crippen molar-refractivity contribution in [3.8, 4) is 5.82 Å². The van der Waals surface area contributed by atoms with Crippen LogP contribution >= 0.6 is 0 Å². The summed E-state index contributed by atoms with van der Waals surface area (Å²) in [5, 5.41) is 2.50. The molecule has 0 spiro atoms. The van der Waals surface area contributed by atoms with Gasteiger partial charge < -0.3 is 4.74 Å². The van der Waals surface area contributed by atoms with E-state index >= 15 is 0 Å². The smallest absolute Gasteiger partial charge is 0.412 e. The van der Waals surface area contributed by atoms with Gasteiger partial charge in [-0.2, -0.15) is 0 Å². The Bertz CT molecular complexity index is 497. The number of anilines is 1. The van der Waals surface area contributed by atoms with Crippen molar-refractivity contribution < 1.29 is 9.53 Å². The molecule has 1 N–H and O–H groups in total. The molecule has 1 amide bonds. The molecule has 0 aliphatic rings. The van der Waals surface area contributed by atoms with Crippen LogP contribution in [0.4, 0.5) is 10.6 Å². The van der Waals surface area contributed by atoms with Gasteiger partial charge in [-0.05, 0) is 6.92 Å². The zero-order chi connectivity index (χ0) is 12.1. The summed E-state index contributed by atoms with van der Waals surface area (Å²) in [6.07, 6.45) is 5.81. The van der Waals surface area contributed by atoms with Gasteiger partial charge in [0.25, 0.3) is 0 Å². The van der Waals surface area contributed by atoms with E-state index in [0.29, 0.717) is 18.2 Å². The molecule has 0 unspecified atom stereocenters. The first-order valence-corrected chi connectivity index (χ1v) is 5.03. The zero-order valence-electron chi connectivity index (χ0n) is 9.20. The molecular formula is C10H11N5O2. The van der Waals surface area contributed by atoms with E-state index in [1.807, 2.05) is 0 Å². The molecule has 88 valence electrons. The van der Waals surface area contributed by atoms with Crippen LogP contribution in [-0.2, 0) is 4.74 Å². The highest BCUT2D eigenvalue weighted by Crippen LogP contribution is 2.08. The lowest BCUT2D eigenvalue weighted by atomic mass is 10.5. The molecule has 2 rings (SSSR count). The lowest BCUT2D eigenvalue weighted by molar-refractivity contribution is 0.168. The van der Waals surface area contributed by atoms with Crippen LogP contribution in [0.5, 0.6) is 0 Å². The van der Waals surface area contributed by atoms with Gasteiger partial charge in [-0.3, -0.25) is 9.88 Å². The largest absolute Gasteiger partial charge is 0.450 e. The van der Waals surface area contributed by atoms with E-state index in [4.69, 9.17) is 4.74 Å². The molecule has 0 fully saturated rings. The number of amides is 1. The van der Waals surface area contributed by atoms with E-state index in [2.05, 4.69) is 20.3 Å². The third-order valence-electron chi connectivity index (χ3n) is 1.93. The first-order valence-electron chi connectivity index (χ1n) is 5.03. The second-order valence-corrected chi connectivity index (χ2v) is 3.08. The first kappa shape index (κ1) is 11.1. The van der Waals surface area contributed by atoms with Gasteiger partial charge in [-0.25, -0.2) is 19.7 Å². The molecule has 0 radical (unpaired) electrons. The topological polar surface area (TPSA) is 81.9 Å². The Hall–Kier alpha value is -2.44. The van der Waals surface area contributed by atoms with Crippen molar-refractivity contribution in [1.82, 2.24) is 19.5 Å². The summed E-state index contributed by atoms with van der Waals surface area (Å²) in [6.45, 7) is 2.04. The highest BCUT2D eigenvalue weighted by Gasteiger charge is 2.05. The number of carbonyl (C=O) groups excluding carboxylic acids is 1. The maximum absolute atomic E-state index is 11.2. The minimum atomic E-state index is -0.539. The monoisotopic (exact) mass is 233 g/mol. The van der Waals surface area contributed by atoms with Crippen molar-refractivity contribution in [2.45, 2.75) is 6.92 Å². The highest BCUT2D eigenvalue weighted by atomic mass is 16.5. The van der Waals surface area contributed by atoms with E-state index < -0.39 is 6.09 Å². The zero-order valence-corrected chi connectivity index (χ0v) is 9.20. The van der Waals surface area contributed by atoms with Gasteiger partial charge in [0.1, 0.15) is 24.3 Å². The fourth-order valence-corrected chi connectivity index (χ4v) is 1.22. The van der Waals surface area contributed by atoms with Gasteiger partial charge >= 0.3 is 6.09 Å². The van der Waals surface area contributed by atoms with Crippen molar-refractivity contribution in [2.24, 2.45) is 0 Å². The molecule has 0 saturated heterocycles. The second-order valence-electron chi connectivity index (χ2n) is 3.08. The van der Waals surface area contributed by atoms with Gasteiger partial charge in [0.2, 0.25) is 0 Å². The summed E-state index contributed by atoms with van der Waals surface area (Å²) < 4.78 is 6.45. The van der Waals surface area contributed by atoms with E-state index in [1.165, 1.54) is 6.33 Å². The maximum atomic E-state index is 11.2. The summed E-state index contributed by atoms with van der Waals surface area (Å²) in [4.78, 5) is 23.1. The number of hydrogen-bond donors (Lipinski definition) is 1. The molecule has 2 heterocycles. The highest BCUT2D eigenvalue weighted by molar-refractivity contribution is 5.83. The van der Waals surface area contributed by atoms with Crippen LogP contribution in [0.2, 0.25) is 0 Å². The predicted molar refractivity (Wildman–Crippen MR) is 59.8 cm³/mol. The number of nitrogens with one attached hydrogen (secondary N) is 1. The minimum absolute atomic E-state index is 0.311. The van der Waals surface area contributed by atoms with Crippen LogP contribution in [0.25, 0.3) is 5.82 Å². The standard InChI is InChI=1S/C10H11N5O2/c1-2-17-10(16)14-8-5-9(13-6-12-8)15-4-3-11-7-15/h3-7H,2H2,1H3,(H,12,13,14,16). The molecule has 2 aromatic rings. The number of imidazole rings is 1. The average Bonchev–Trinajstić information content (AvgIpc) is 2.83. The number of carbonyl (C=O) groups is 1. The molecule has 0 aromatic carbocycles. The molecular weight excluding hydrogens is 222 g/mol. The van der Waals surface area contributed by atoms with Gasteiger partial charge in [0.15, 0.2) is 0 Å². The third kappa shape index (κ3) is 2.77. The molecule has 7 nitrogen and oxygen atoms in total. The Morgan fingerprint density at radius 3 is 3.12 bits per heavy atom. The summed E-state index contributed by atoms with van der Waals surface area (Å²) in [7, 11) is 0. The van der Waals surface area contributed by atoms with E-state index in [-0.39, 0.29) is 0 Å². The number of ether oxygens (including phenoxy) is 1. The first-order chi connectivity index (χ1) is 8.29. The van der Waals surface area contributed by atoms with E-state index in [9.17, 15) is 4.79 Å². The van der Waals surface area contributed by atoms with Crippen LogP contribution < -0.4 is 5.32 Å². The van der Waals surface area contributed by atoms with Gasteiger partial charge in [0, 0.05) is 18.5 Å². The van der Waals surface area contributed by atoms with Crippen LogP contribution in [0.1, 0.15) is 6.92 Å². The maximum Gasteiger partial charge on any atom is 0.412 e. The second kappa shape index (κ2) is 5.06. The number of nitrogens with zero attached hydrogens (tertiary/aromatic N) is 4. The fourth-order valence-electron chi connectivity index (χ4n) is 1.22. The normalized spacial score (nSPS) is 9.94. The summed E-state index contributed by atoms with van der Waals surface area (Å²) in [5.41, 5.74) is 0. The molecule has 0 aliphatic heterocycles. The van der Waals surface area contributed by atoms with Crippen molar-refractivity contribution in [3.05, 3.63) is 31.1 Å². The third-order valence-corrected chi connectivity index (χ3v) is 1.93. The van der Waals surface area contributed by atoms with Crippen molar-refractivity contribution >= 4 is 11.9 Å². The number of hydrogen-bond acceptors (Lipinski definition) is 5. The Morgan fingerprint density at radius 2 is 2.41 bits per heavy atom. The molecule has 0 saturated carbocycles. The summed E-state index contributed by atoms with van der Waals surface area (Å²) in [5.74, 6) is 0.992. The Labute approximate surface area is 97.5 Å². The van der Waals surface area contributed by atoms with Crippen LogP contribution in [0, 0.1) is 0 Å². The quantitative estimate of drug-likeness (QED) is 0.862. The van der Waals surface area contributed by atoms with E-state index in [0.717, 1.165) is 0 Å². The Kier molecular flexibility index (Phi) is 3.29. The molecule has 0 atom stereocenters. The number of rotatable bonds is 3. The Balaban J connectivity index is 2.15. The predicted octanol–water partition coefficient (Wildman–Crippen LogP) is 1.23. The minimum Gasteiger partial charge on any atom is -0.450 e. The van der Waals surface area contributed by atoms with Gasteiger partial charge in [0.05, 0.1) is 6.61 Å². The number of aromatic nitrogens is 4. The van der Waals surface area contributed by atoms with Gasteiger partial charge in [-0.15, -0.1) is 0 Å². The average molecular weight is 233 g/mol. The molecule has 7 heteroatoms. The van der Waals surface area contributed by atoms with Crippen LogP contribution in [0.3, 0.4) is 0 Å². The molecule has 0 bridgehead atoms. The fraction of sp³-hybridized carbons (Fsp3) is 0.200. The van der Waals surface area contributed by atoms with Crippen molar-refractivity contribution in [2.75, 3.05) is 11.9 Å². The molecule has 17 heavy (non-hydrogen) atoms. The Morgan fingerprint density at radius 1 is 1.53 bits per heavy atom. The lowest BCUT2D eigenvalue weighted by Crippen LogP contribution is -2.14. The summed E-state index contributed by atoms with van der Waals surface area (Å²) >= 11 is 0. The molecule has 0 aliphatic carbocycles. The van der Waals surface area contributed by atoms with Gasteiger partial charge in [-0.1, -0.05) is 0 Å².